The van der Waals surface area contributed by atoms with Crippen molar-refractivity contribution >= 4 is 49.7 Å². The number of esters is 2. The fraction of sp³-hybridized carbons (Fsp3) is 0.608. The van der Waals surface area contributed by atoms with Gasteiger partial charge in [-0.05, 0) is 135 Å². The van der Waals surface area contributed by atoms with Crippen LogP contribution in [-0.4, -0.2) is 84.3 Å². The summed E-state index contributed by atoms with van der Waals surface area (Å²) in [6.07, 6.45) is 10.1. The number of carbonyl (C=O) groups is 2. The van der Waals surface area contributed by atoms with Crippen LogP contribution in [-0.2, 0) is 32.2 Å². The Hall–Kier alpha value is -3.80. The molecule has 0 spiro atoms. The molecule has 0 bridgehead atoms. The second-order valence-electron chi connectivity index (χ2n) is 20.6. The molecule has 2 saturated heterocycles. The highest BCUT2D eigenvalue weighted by Gasteiger charge is 2.35. The van der Waals surface area contributed by atoms with Crippen molar-refractivity contribution in [1.82, 2.24) is 19.8 Å². The third-order valence-electron chi connectivity index (χ3n) is 14.0. The number of aryl methyl sites for hydroxylation is 1. The van der Waals surface area contributed by atoms with Gasteiger partial charge in [-0.3, -0.25) is 29.4 Å². The van der Waals surface area contributed by atoms with Gasteiger partial charge in [-0.15, -0.1) is 0 Å². The Morgan fingerprint density at radius 1 is 0.613 bits per heavy atom. The minimum Gasteiger partial charge on any atom is -0.490 e. The molecule has 2 aliphatic heterocycles. The van der Waals surface area contributed by atoms with Crippen molar-refractivity contribution in [3.05, 3.63) is 70.0 Å². The molecule has 4 fully saturated rings. The molecule has 2 aromatic carbocycles. The number of aromatic nitrogens is 2. The van der Waals surface area contributed by atoms with Gasteiger partial charge in [0, 0.05) is 54.5 Å². The van der Waals surface area contributed by atoms with E-state index >= 15 is 0 Å². The summed E-state index contributed by atoms with van der Waals surface area (Å²) >= 11 is 3.72. The first kappa shape index (κ1) is 46.2. The van der Waals surface area contributed by atoms with Crippen LogP contribution in [0.1, 0.15) is 110 Å². The molecule has 4 aromatic rings. The normalized spacial score (nSPS) is 22.9. The second-order valence-corrected chi connectivity index (χ2v) is 21.5. The monoisotopic (exact) mass is 912 g/mol. The van der Waals surface area contributed by atoms with Crippen LogP contribution in [0.4, 0.5) is 0 Å². The van der Waals surface area contributed by atoms with Gasteiger partial charge in [0.1, 0.15) is 11.5 Å². The molecule has 0 amide bonds. The third-order valence-corrected chi connectivity index (χ3v) is 14.6. The van der Waals surface area contributed by atoms with Crippen LogP contribution in [0.25, 0.3) is 21.8 Å². The summed E-state index contributed by atoms with van der Waals surface area (Å²) in [4.78, 5) is 37.3. The van der Waals surface area contributed by atoms with E-state index in [1.807, 2.05) is 12.1 Å². The first-order chi connectivity index (χ1) is 29.4. The molecule has 11 heteroatoms. The van der Waals surface area contributed by atoms with Crippen molar-refractivity contribution in [3.8, 4) is 11.5 Å². The van der Waals surface area contributed by atoms with Crippen molar-refractivity contribution in [1.29, 1.82) is 0 Å². The van der Waals surface area contributed by atoms with Crippen LogP contribution < -0.4 is 9.47 Å². The number of carbonyl (C=O) groups excluding carboxylic acids is 2. The van der Waals surface area contributed by atoms with Gasteiger partial charge >= 0.3 is 11.9 Å². The zero-order valence-corrected chi connectivity index (χ0v) is 40.2. The zero-order valence-electron chi connectivity index (χ0n) is 38.6. The van der Waals surface area contributed by atoms with E-state index in [1.165, 1.54) is 45.5 Å². The van der Waals surface area contributed by atoms with Gasteiger partial charge in [0.25, 0.3) is 0 Å². The lowest BCUT2D eigenvalue weighted by atomic mass is 9.72. The molecule has 62 heavy (non-hydrogen) atoms. The predicted molar refractivity (Wildman–Crippen MR) is 249 cm³/mol. The standard InChI is InChI=1S/C26H36N2O3.C25H33BrN2O3/c1-17-12-20(16-28-14-18(15-28)25(29)30-5)27-24-11-10-22(13-23(17)24)31-21-8-6-19(7-9-21)26(2,3)4;1-25(2,3)17-5-7-19(8-6-17)31-20-9-10-23-21(12-20)22(26)11-18(27-23)15-28-13-16(14-28)24(29)30-4/h10-13,18-19,21H,6-9,14-16H2,1-5H3;9-12,16-17,19H,5-8,13-15H2,1-4H3. The van der Waals surface area contributed by atoms with E-state index in [2.05, 4.69) is 111 Å². The van der Waals surface area contributed by atoms with E-state index in [9.17, 15) is 9.59 Å². The summed E-state index contributed by atoms with van der Waals surface area (Å²) in [7, 11) is 2.90. The molecule has 0 atom stereocenters. The van der Waals surface area contributed by atoms with Gasteiger partial charge in [-0.25, -0.2) is 0 Å². The van der Waals surface area contributed by atoms with Crippen molar-refractivity contribution in [2.24, 2.45) is 34.5 Å². The second kappa shape index (κ2) is 19.5. The van der Waals surface area contributed by atoms with Crippen LogP contribution in [0.5, 0.6) is 11.5 Å². The quantitative estimate of drug-likeness (QED) is 0.143. The lowest BCUT2D eigenvalue weighted by Gasteiger charge is -2.37. The molecule has 8 rings (SSSR count). The lowest BCUT2D eigenvalue weighted by Crippen LogP contribution is -2.50. The number of fused-ring (bicyclic) bond motifs is 2. The number of methoxy groups -OCH3 is 2. The summed E-state index contributed by atoms with van der Waals surface area (Å²) in [5, 5.41) is 2.22. The molecule has 2 aromatic heterocycles. The number of halogens is 1. The van der Waals surface area contributed by atoms with Crippen LogP contribution in [0, 0.1) is 41.4 Å². The van der Waals surface area contributed by atoms with Gasteiger partial charge in [0.2, 0.25) is 0 Å². The Kier molecular flexibility index (Phi) is 14.5. The summed E-state index contributed by atoms with van der Waals surface area (Å²) in [5.41, 5.74) is 6.00. The molecule has 4 heterocycles. The molecule has 0 N–H and O–H groups in total. The van der Waals surface area contributed by atoms with Crippen molar-refractivity contribution in [2.75, 3.05) is 40.4 Å². The zero-order chi connectivity index (χ0) is 44.3. The number of benzene rings is 2. The Bertz CT molecular complexity index is 2030. The Balaban J connectivity index is 0.000000186. The number of hydrogen-bond acceptors (Lipinski definition) is 10. The fourth-order valence-corrected chi connectivity index (χ4v) is 10.5. The summed E-state index contributed by atoms with van der Waals surface area (Å²) in [5.74, 6) is 3.22. The molecule has 2 aliphatic carbocycles. The highest BCUT2D eigenvalue weighted by molar-refractivity contribution is 9.10. The Morgan fingerprint density at radius 3 is 1.44 bits per heavy atom. The molecule has 336 valence electrons. The van der Waals surface area contributed by atoms with Crippen molar-refractivity contribution < 1.29 is 28.5 Å². The average molecular weight is 914 g/mol. The van der Waals surface area contributed by atoms with Gasteiger partial charge in [0.15, 0.2) is 0 Å². The predicted octanol–water partition coefficient (Wildman–Crippen LogP) is 10.7. The Morgan fingerprint density at radius 2 is 1.02 bits per heavy atom. The van der Waals surface area contributed by atoms with Gasteiger partial charge in [-0.1, -0.05) is 57.5 Å². The van der Waals surface area contributed by atoms with E-state index in [0.717, 1.165) is 126 Å². The van der Waals surface area contributed by atoms with Crippen LogP contribution in [0.2, 0.25) is 0 Å². The number of ether oxygens (including phenoxy) is 4. The van der Waals surface area contributed by atoms with Crippen molar-refractivity contribution in [3.63, 3.8) is 0 Å². The van der Waals surface area contributed by atoms with E-state index in [0.29, 0.717) is 23.0 Å². The summed E-state index contributed by atoms with van der Waals surface area (Å²) in [6.45, 7) is 20.7. The molecule has 10 nitrogen and oxygen atoms in total. The summed E-state index contributed by atoms with van der Waals surface area (Å²) in [6, 6.07) is 16.7. The van der Waals surface area contributed by atoms with Crippen LogP contribution >= 0.6 is 15.9 Å². The highest BCUT2D eigenvalue weighted by atomic mass is 79.9. The molecular weight excluding hydrogens is 844 g/mol. The lowest BCUT2D eigenvalue weighted by molar-refractivity contribution is -0.152. The smallest absolute Gasteiger partial charge is 0.311 e. The van der Waals surface area contributed by atoms with E-state index in [-0.39, 0.29) is 23.8 Å². The largest absolute Gasteiger partial charge is 0.490 e. The van der Waals surface area contributed by atoms with Gasteiger partial charge < -0.3 is 18.9 Å². The Labute approximate surface area is 377 Å². The topological polar surface area (TPSA) is 103 Å². The number of nitrogens with zero attached hydrogens (tertiary/aromatic N) is 4. The first-order valence-corrected chi connectivity index (χ1v) is 23.7. The van der Waals surface area contributed by atoms with E-state index < -0.39 is 0 Å². The van der Waals surface area contributed by atoms with Gasteiger partial charge in [0.05, 0.1) is 60.7 Å². The number of hydrogen-bond donors (Lipinski definition) is 0. The molecular formula is C51H69BrN4O6. The molecule has 0 radical (unpaired) electrons. The molecule has 4 aliphatic rings. The summed E-state index contributed by atoms with van der Waals surface area (Å²) < 4.78 is 23.4. The average Bonchev–Trinajstić information content (AvgIpc) is 3.20. The number of likely N-dealkylation sites (tertiary alicyclic amines) is 2. The van der Waals surface area contributed by atoms with E-state index in [4.69, 9.17) is 28.9 Å². The van der Waals surface area contributed by atoms with Gasteiger partial charge in [-0.2, -0.15) is 0 Å². The fourth-order valence-electron chi connectivity index (χ4n) is 9.93. The molecule has 0 unspecified atom stereocenters. The number of pyridine rings is 2. The SMILES string of the molecule is COC(=O)C1CN(Cc2cc(Br)c3cc(OC4CCC(C(C)(C)C)CC4)ccc3n2)C1.COC(=O)C1CN(Cc2cc(C)c3cc(OC4CCC(C(C)(C)C)CC4)ccc3n2)C1. The molecule has 2 saturated carbocycles. The van der Waals surface area contributed by atoms with Crippen molar-refractivity contribution in [2.45, 2.75) is 125 Å². The maximum absolute atomic E-state index is 11.6. The maximum atomic E-state index is 11.6. The highest BCUT2D eigenvalue weighted by Crippen LogP contribution is 2.41. The first-order valence-electron chi connectivity index (χ1n) is 22.9. The minimum absolute atomic E-state index is 0.00438. The minimum atomic E-state index is -0.122. The number of rotatable bonds is 10. The maximum Gasteiger partial charge on any atom is 0.311 e. The van der Waals surface area contributed by atoms with Crippen LogP contribution in [0.15, 0.2) is 53.0 Å². The van der Waals surface area contributed by atoms with Crippen LogP contribution in [0.3, 0.4) is 0 Å². The third kappa shape index (κ3) is 11.5. The van der Waals surface area contributed by atoms with E-state index in [1.54, 1.807) is 0 Å².